The molecule has 0 atom stereocenters. The van der Waals surface area contributed by atoms with Gasteiger partial charge in [-0.1, -0.05) is 6.07 Å². The number of carboxylic acid groups (broad SMARTS) is 1. The molecule has 0 aliphatic carbocycles. The fraction of sp³-hybridized carbons (Fsp3) is 0.273. The zero-order chi connectivity index (χ0) is 22.1. The summed E-state index contributed by atoms with van der Waals surface area (Å²) in [6.07, 6.45) is -2.26. The molecule has 8 heteroatoms. The topological polar surface area (TPSA) is 62.7 Å². The van der Waals surface area contributed by atoms with Gasteiger partial charge in [-0.05, 0) is 62.7 Å². The van der Waals surface area contributed by atoms with E-state index >= 15 is 0 Å². The van der Waals surface area contributed by atoms with Crippen molar-refractivity contribution in [3.63, 3.8) is 0 Å². The molecule has 1 aromatic heterocycles. The van der Waals surface area contributed by atoms with Gasteiger partial charge in [0.1, 0.15) is 11.5 Å². The van der Waals surface area contributed by atoms with Gasteiger partial charge >= 0.3 is 12.3 Å². The number of aromatic nitrogens is 1. The Hall–Kier alpha value is -3.29. The highest BCUT2D eigenvalue weighted by Crippen LogP contribution is 2.35. The molecule has 0 saturated heterocycles. The average molecular weight is 418 g/mol. The summed E-state index contributed by atoms with van der Waals surface area (Å²) in [6.45, 7) is 5.58. The van der Waals surface area contributed by atoms with Gasteiger partial charge in [0.15, 0.2) is 0 Å². The van der Waals surface area contributed by atoms with Crippen LogP contribution >= 0.6 is 0 Å². The van der Waals surface area contributed by atoms with Gasteiger partial charge in [-0.2, -0.15) is 13.2 Å². The number of halogens is 3. The van der Waals surface area contributed by atoms with Crippen LogP contribution in [0.5, 0.6) is 11.5 Å². The highest BCUT2D eigenvalue weighted by atomic mass is 19.4. The van der Waals surface area contributed by atoms with E-state index < -0.39 is 23.4 Å². The maximum Gasteiger partial charge on any atom is 0.416 e. The number of rotatable bonds is 4. The number of amides is 1. The lowest BCUT2D eigenvalue weighted by Gasteiger charge is -2.33. The first-order valence-electron chi connectivity index (χ1n) is 9.18. The quantitative estimate of drug-likeness (QED) is 0.538. The zero-order valence-corrected chi connectivity index (χ0v) is 16.7. The molecule has 30 heavy (non-hydrogen) atoms. The Morgan fingerprint density at radius 3 is 2.27 bits per heavy atom. The maximum atomic E-state index is 12.8. The fourth-order valence-electron chi connectivity index (χ4n) is 3.05. The summed E-state index contributed by atoms with van der Waals surface area (Å²) in [4.78, 5) is 17.2. The number of carbonyl (C=O) groups is 1. The first-order chi connectivity index (χ1) is 14.0. The molecule has 0 unspecified atom stereocenters. The lowest BCUT2D eigenvalue weighted by Crippen LogP contribution is -2.44. The molecule has 3 aromatic rings. The number of fused-ring (bicyclic) bond motifs is 1. The Morgan fingerprint density at radius 2 is 1.70 bits per heavy atom. The van der Waals surface area contributed by atoms with E-state index in [9.17, 15) is 23.1 Å². The Balaban J connectivity index is 1.95. The number of hydrogen-bond donors (Lipinski definition) is 1. The van der Waals surface area contributed by atoms with E-state index in [1.165, 1.54) is 17.0 Å². The van der Waals surface area contributed by atoms with Gasteiger partial charge < -0.3 is 9.84 Å². The SMILES string of the molecule is CC(C)(C)N(Cc1ccc(Oc2ccc(C(F)(F)F)cc2)c2ccncc12)C(=O)O. The van der Waals surface area contributed by atoms with Crippen LogP contribution in [0.4, 0.5) is 18.0 Å². The Labute approximate surface area is 171 Å². The summed E-state index contributed by atoms with van der Waals surface area (Å²) in [7, 11) is 0. The lowest BCUT2D eigenvalue weighted by molar-refractivity contribution is -0.137. The smallest absolute Gasteiger partial charge is 0.416 e. The molecule has 158 valence electrons. The maximum absolute atomic E-state index is 12.8. The molecule has 0 saturated carbocycles. The van der Waals surface area contributed by atoms with Crippen LogP contribution in [0.25, 0.3) is 10.8 Å². The molecule has 0 aliphatic heterocycles. The first-order valence-corrected chi connectivity index (χ1v) is 9.18. The largest absolute Gasteiger partial charge is 0.465 e. The van der Waals surface area contributed by atoms with Crippen LogP contribution in [0, 0.1) is 0 Å². The van der Waals surface area contributed by atoms with E-state index in [2.05, 4.69) is 4.98 Å². The Bertz CT molecular complexity index is 1060. The van der Waals surface area contributed by atoms with Gasteiger partial charge in [-0.15, -0.1) is 0 Å². The predicted octanol–water partition coefficient (Wildman–Crippen LogP) is 6.32. The Morgan fingerprint density at radius 1 is 1.03 bits per heavy atom. The molecule has 1 N–H and O–H groups in total. The number of alkyl halides is 3. The molecular formula is C22H21F3N2O3. The molecule has 0 radical (unpaired) electrons. The van der Waals surface area contributed by atoms with Crippen molar-refractivity contribution in [2.24, 2.45) is 0 Å². The third-order valence-electron chi connectivity index (χ3n) is 4.65. The van der Waals surface area contributed by atoms with E-state index in [1.54, 1.807) is 30.6 Å². The highest BCUT2D eigenvalue weighted by Gasteiger charge is 2.30. The van der Waals surface area contributed by atoms with Crippen molar-refractivity contribution in [3.05, 3.63) is 66.0 Å². The monoisotopic (exact) mass is 418 g/mol. The van der Waals surface area contributed by atoms with Gasteiger partial charge in [0, 0.05) is 28.7 Å². The minimum absolute atomic E-state index is 0.154. The molecule has 0 fully saturated rings. The molecule has 5 nitrogen and oxygen atoms in total. The highest BCUT2D eigenvalue weighted by molar-refractivity contribution is 5.90. The second-order valence-electron chi connectivity index (χ2n) is 7.81. The van der Waals surface area contributed by atoms with Crippen molar-refractivity contribution in [1.82, 2.24) is 9.88 Å². The normalized spacial score (nSPS) is 12.1. The van der Waals surface area contributed by atoms with E-state index in [0.29, 0.717) is 16.5 Å². The van der Waals surface area contributed by atoms with Gasteiger partial charge in [0.25, 0.3) is 0 Å². The van der Waals surface area contributed by atoms with Crippen LogP contribution in [0.3, 0.4) is 0 Å². The van der Waals surface area contributed by atoms with Crippen LogP contribution in [0.1, 0.15) is 31.9 Å². The molecule has 3 rings (SSSR count). The summed E-state index contributed by atoms with van der Waals surface area (Å²) in [5.74, 6) is 0.698. The van der Waals surface area contributed by atoms with E-state index in [1.807, 2.05) is 20.8 Å². The molecule has 1 heterocycles. The van der Waals surface area contributed by atoms with Crippen molar-refractivity contribution in [3.8, 4) is 11.5 Å². The zero-order valence-electron chi connectivity index (χ0n) is 16.7. The fourth-order valence-corrected chi connectivity index (χ4v) is 3.05. The lowest BCUT2D eigenvalue weighted by atomic mass is 10.0. The number of benzene rings is 2. The van der Waals surface area contributed by atoms with E-state index in [4.69, 9.17) is 4.74 Å². The minimum Gasteiger partial charge on any atom is -0.465 e. The van der Waals surface area contributed by atoms with Gasteiger partial charge in [-0.3, -0.25) is 9.88 Å². The standard InChI is InChI=1S/C22H21F3N2O3/c1-21(2,3)27(20(28)29)13-14-4-9-19(17-10-11-26-12-18(14)17)30-16-7-5-15(6-8-16)22(23,24)25/h4-12H,13H2,1-3H3,(H,28,29). The third kappa shape index (κ3) is 4.64. The summed E-state index contributed by atoms with van der Waals surface area (Å²) in [6, 6.07) is 9.58. The van der Waals surface area contributed by atoms with Crippen LogP contribution in [0.2, 0.25) is 0 Å². The second kappa shape index (κ2) is 7.85. The molecule has 0 aliphatic rings. The first kappa shape index (κ1) is 21.4. The van der Waals surface area contributed by atoms with E-state index in [-0.39, 0.29) is 12.3 Å². The van der Waals surface area contributed by atoms with E-state index in [0.717, 1.165) is 17.7 Å². The van der Waals surface area contributed by atoms with Gasteiger partial charge in [0.05, 0.1) is 12.1 Å². The predicted molar refractivity (Wildman–Crippen MR) is 107 cm³/mol. The number of ether oxygens (including phenoxy) is 1. The number of nitrogens with zero attached hydrogens (tertiary/aromatic N) is 2. The Kier molecular flexibility index (Phi) is 5.61. The van der Waals surface area contributed by atoms with Gasteiger partial charge in [-0.25, -0.2) is 4.79 Å². The third-order valence-corrected chi connectivity index (χ3v) is 4.65. The molecular weight excluding hydrogens is 397 g/mol. The molecule has 1 amide bonds. The van der Waals surface area contributed by atoms with Crippen LogP contribution in [-0.4, -0.2) is 26.6 Å². The average Bonchev–Trinajstić information content (AvgIpc) is 2.66. The van der Waals surface area contributed by atoms with Crippen molar-refractivity contribution in [2.45, 2.75) is 39.0 Å². The van der Waals surface area contributed by atoms with Crippen LogP contribution < -0.4 is 4.74 Å². The molecule has 2 aromatic carbocycles. The van der Waals surface area contributed by atoms with Crippen molar-refractivity contribution in [1.29, 1.82) is 0 Å². The summed E-state index contributed by atoms with van der Waals surface area (Å²) < 4.78 is 44.1. The minimum atomic E-state index is -4.42. The van der Waals surface area contributed by atoms with Crippen molar-refractivity contribution >= 4 is 16.9 Å². The summed E-state index contributed by atoms with van der Waals surface area (Å²) in [5, 5.41) is 11.0. The van der Waals surface area contributed by atoms with Crippen LogP contribution in [0.15, 0.2) is 54.9 Å². The van der Waals surface area contributed by atoms with Crippen LogP contribution in [-0.2, 0) is 12.7 Å². The molecule has 0 bridgehead atoms. The van der Waals surface area contributed by atoms with Gasteiger partial charge in [0.2, 0.25) is 0 Å². The van der Waals surface area contributed by atoms with Crippen molar-refractivity contribution < 1.29 is 27.8 Å². The number of hydrogen-bond acceptors (Lipinski definition) is 3. The molecule has 0 spiro atoms. The second-order valence-corrected chi connectivity index (χ2v) is 7.81. The summed E-state index contributed by atoms with van der Waals surface area (Å²) >= 11 is 0. The van der Waals surface area contributed by atoms with Crippen molar-refractivity contribution in [2.75, 3.05) is 0 Å². The summed E-state index contributed by atoms with van der Waals surface area (Å²) in [5.41, 5.74) is -0.610. The number of pyridine rings is 1.